The van der Waals surface area contributed by atoms with Crippen LogP contribution in [0.2, 0.25) is 0 Å². The summed E-state index contributed by atoms with van der Waals surface area (Å²) in [4.78, 5) is 42.8. The van der Waals surface area contributed by atoms with Gasteiger partial charge in [-0.3, -0.25) is 19.1 Å². The summed E-state index contributed by atoms with van der Waals surface area (Å²) in [6.07, 6.45) is 14.2. The highest BCUT2D eigenvalue weighted by molar-refractivity contribution is 7.91. The van der Waals surface area contributed by atoms with E-state index in [2.05, 4.69) is 15.0 Å². The molecule has 4 rings (SSSR count). The maximum atomic E-state index is 13.2. The van der Waals surface area contributed by atoms with E-state index in [-0.39, 0.29) is 23.8 Å². The van der Waals surface area contributed by atoms with Crippen LogP contribution in [0.25, 0.3) is 0 Å². The Labute approximate surface area is 217 Å². The summed E-state index contributed by atoms with van der Waals surface area (Å²) in [5, 5.41) is 3.05. The van der Waals surface area contributed by atoms with Crippen molar-refractivity contribution in [1.82, 2.24) is 14.6 Å². The van der Waals surface area contributed by atoms with Gasteiger partial charge in [0.1, 0.15) is 18.3 Å². The number of nitrogens with two attached hydrogens (primary N) is 1. The smallest absolute Gasteiger partial charge is 0.295 e. The number of anilines is 1. The number of nitrogens with zero attached hydrogens (tertiary/aromatic N) is 2. The van der Waals surface area contributed by atoms with Crippen molar-refractivity contribution in [3.8, 4) is 0 Å². The minimum atomic E-state index is -3.58. The van der Waals surface area contributed by atoms with Crippen LogP contribution >= 0.6 is 0 Å². The van der Waals surface area contributed by atoms with Gasteiger partial charge in [-0.1, -0.05) is 25.0 Å². The average Bonchev–Trinajstić information content (AvgIpc) is 3.65. The second-order valence-corrected chi connectivity index (χ2v) is 12.8. The molecule has 0 spiro atoms. The van der Waals surface area contributed by atoms with Crippen LogP contribution in [0.5, 0.6) is 0 Å². The Balaban J connectivity index is 1.17. The summed E-state index contributed by atoms with van der Waals surface area (Å²) in [5.74, 6) is -1.23. The van der Waals surface area contributed by atoms with Crippen LogP contribution in [-0.4, -0.2) is 59.4 Å². The Kier molecular flexibility index (Phi) is 8.25. The monoisotopic (exact) mass is 535 g/mol. The van der Waals surface area contributed by atoms with E-state index >= 15 is 0 Å². The van der Waals surface area contributed by atoms with Crippen LogP contribution in [0.4, 0.5) is 6.01 Å². The van der Waals surface area contributed by atoms with Crippen molar-refractivity contribution in [3.63, 3.8) is 0 Å². The van der Waals surface area contributed by atoms with Crippen molar-refractivity contribution < 1.29 is 27.2 Å². The Morgan fingerprint density at radius 3 is 2.76 bits per heavy atom. The summed E-state index contributed by atoms with van der Waals surface area (Å²) in [7, 11) is -3.58. The van der Waals surface area contributed by atoms with Crippen LogP contribution in [0.1, 0.15) is 71.1 Å². The zero-order valence-electron chi connectivity index (χ0n) is 21.2. The van der Waals surface area contributed by atoms with Crippen molar-refractivity contribution in [2.24, 2.45) is 17.6 Å². The number of rotatable bonds is 14. The summed E-state index contributed by atoms with van der Waals surface area (Å²) in [6.45, 7) is 2.17. The van der Waals surface area contributed by atoms with Gasteiger partial charge in [-0.25, -0.2) is 13.4 Å². The maximum absolute atomic E-state index is 13.2. The number of nitrogens with one attached hydrogen (secondary N) is 2. The van der Waals surface area contributed by atoms with Gasteiger partial charge in [0.05, 0.1) is 10.9 Å². The van der Waals surface area contributed by atoms with Crippen molar-refractivity contribution in [3.05, 3.63) is 24.6 Å². The van der Waals surface area contributed by atoms with Gasteiger partial charge < -0.3 is 20.4 Å². The quantitative estimate of drug-likeness (QED) is 0.241. The Morgan fingerprint density at radius 2 is 2.08 bits per heavy atom. The lowest BCUT2D eigenvalue weighted by Gasteiger charge is -2.27. The number of aromatic nitrogens is 1. The molecule has 2 saturated carbocycles. The zero-order valence-corrected chi connectivity index (χ0v) is 22.0. The molecular weight excluding hydrogens is 498 g/mol. The zero-order chi connectivity index (χ0) is 26.6. The third-order valence-electron chi connectivity index (χ3n) is 7.65. The number of hydrogen-bond donors (Lipinski definition) is 3. The molecule has 2 heterocycles. The lowest BCUT2D eigenvalue weighted by atomic mass is 10.0. The predicted molar refractivity (Wildman–Crippen MR) is 136 cm³/mol. The van der Waals surface area contributed by atoms with Crippen LogP contribution in [0.3, 0.4) is 0 Å². The summed E-state index contributed by atoms with van der Waals surface area (Å²) >= 11 is 0. The fourth-order valence-electron chi connectivity index (χ4n) is 4.79. The van der Waals surface area contributed by atoms with Crippen LogP contribution in [0, 0.1) is 11.8 Å². The van der Waals surface area contributed by atoms with Crippen molar-refractivity contribution in [2.45, 2.75) is 88.0 Å². The van der Waals surface area contributed by atoms with E-state index in [4.69, 9.17) is 10.2 Å². The van der Waals surface area contributed by atoms with Gasteiger partial charge in [0.15, 0.2) is 0 Å². The molecule has 4 N–H and O–H groups in total. The molecule has 4 atom stereocenters. The lowest BCUT2D eigenvalue weighted by Crippen LogP contribution is -2.49. The highest BCUT2D eigenvalue weighted by Gasteiger charge is 2.52. The maximum Gasteiger partial charge on any atom is 0.295 e. The fraction of sp³-hybridized carbons (Fsp3) is 0.680. The van der Waals surface area contributed by atoms with Crippen LogP contribution in [-0.2, 0) is 24.4 Å². The highest BCUT2D eigenvalue weighted by Crippen LogP contribution is 2.44. The molecule has 11 nitrogen and oxygen atoms in total. The summed E-state index contributed by atoms with van der Waals surface area (Å²) in [5.41, 5.74) is 5.49. The van der Waals surface area contributed by atoms with E-state index in [1.165, 1.54) is 12.5 Å². The third-order valence-corrected chi connectivity index (χ3v) is 9.83. The molecule has 3 fully saturated rings. The number of likely N-dealkylation sites (tertiary alicyclic amines) is 1. The van der Waals surface area contributed by atoms with Crippen molar-refractivity contribution in [1.29, 1.82) is 0 Å². The van der Waals surface area contributed by atoms with E-state index in [9.17, 15) is 22.8 Å². The largest absolute Gasteiger partial charge is 0.432 e. The average molecular weight is 536 g/mol. The number of oxazole rings is 1. The molecule has 37 heavy (non-hydrogen) atoms. The molecule has 2 aliphatic carbocycles. The standard InChI is InChI=1S/C25H37N5O6S/c1-25(11-12-25)37(34,35)29-22(32)18-16-17(18)8-5-3-2-4-6-9-19(28-24-27-13-15-36-24)23(33)30-14-7-10-20(30)21(26)31/h5,8,13,15,17-20H,2-4,6-7,9-12,14,16H2,1H3,(H2,26,31)(H,27,28)(H,29,32)/b8-5-/t17-,18+,19+,20+/m1/s1. The predicted octanol–water partition coefficient (Wildman–Crippen LogP) is 2.07. The second-order valence-electron chi connectivity index (χ2n) is 10.6. The molecule has 0 unspecified atom stereocenters. The van der Waals surface area contributed by atoms with E-state index in [1.54, 1.807) is 11.8 Å². The van der Waals surface area contributed by atoms with Crippen LogP contribution < -0.4 is 15.8 Å². The third kappa shape index (κ3) is 6.71. The number of sulfonamides is 1. The normalized spacial score (nSPS) is 25.1. The number of primary amides is 1. The Morgan fingerprint density at radius 1 is 1.30 bits per heavy atom. The molecule has 204 valence electrons. The van der Waals surface area contributed by atoms with Gasteiger partial charge in [-0.05, 0) is 64.2 Å². The van der Waals surface area contributed by atoms with Crippen molar-refractivity contribution in [2.75, 3.05) is 11.9 Å². The Bertz CT molecular complexity index is 1110. The number of amides is 3. The lowest BCUT2D eigenvalue weighted by molar-refractivity contribution is -0.138. The molecule has 3 amide bonds. The van der Waals surface area contributed by atoms with E-state index in [0.717, 1.165) is 32.1 Å². The molecular formula is C25H37N5O6S. The van der Waals surface area contributed by atoms with Gasteiger partial charge in [0.25, 0.3) is 6.01 Å². The molecule has 1 aliphatic heterocycles. The molecule has 1 saturated heterocycles. The minimum absolute atomic E-state index is 0.0906. The van der Waals surface area contributed by atoms with Gasteiger partial charge in [-0.15, -0.1) is 0 Å². The highest BCUT2D eigenvalue weighted by atomic mass is 32.2. The first-order chi connectivity index (χ1) is 17.6. The first-order valence-electron chi connectivity index (χ1n) is 13.1. The molecule has 1 aromatic rings. The number of carbonyl (C=O) groups excluding carboxylic acids is 3. The molecule has 0 bridgehead atoms. The van der Waals surface area contributed by atoms with Gasteiger partial charge in [0.2, 0.25) is 27.7 Å². The molecule has 3 aliphatic rings. The van der Waals surface area contributed by atoms with E-state index in [1.807, 2.05) is 12.2 Å². The molecule has 0 radical (unpaired) electrons. The first kappa shape index (κ1) is 27.2. The first-order valence-corrected chi connectivity index (χ1v) is 14.6. The fourth-order valence-corrected chi connectivity index (χ4v) is 6.09. The summed E-state index contributed by atoms with van der Waals surface area (Å²) < 4.78 is 31.2. The van der Waals surface area contributed by atoms with Gasteiger partial charge in [0, 0.05) is 12.5 Å². The topological polar surface area (TPSA) is 165 Å². The number of carbonyl (C=O) groups is 3. The van der Waals surface area contributed by atoms with Crippen molar-refractivity contribution >= 4 is 33.8 Å². The SMILES string of the molecule is CC1(S(=O)(=O)NC(=O)[C@H]2C[C@H]2/C=C\CCCCC[C@H](Nc2ncco2)C(=O)N2CCC[C@H]2C(N)=O)CC1. The minimum Gasteiger partial charge on any atom is -0.432 e. The van der Waals surface area contributed by atoms with Gasteiger partial charge >= 0.3 is 0 Å². The van der Waals surface area contributed by atoms with Crippen LogP contribution in [0.15, 0.2) is 29.0 Å². The Hall–Kier alpha value is -2.89. The number of hydrogen-bond acceptors (Lipinski definition) is 8. The number of allylic oxidation sites excluding steroid dienone is 2. The van der Waals surface area contributed by atoms with E-state index in [0.29, 0.717) is 38.6 Å². The molecule has 1 aromatic heterocycles. The van der Waals surface area contributed by atoms with E-state index < -0.39 is 38.7 Å². The second kappa shape index (κ2) is 11.2. The summed E-state index contributed by atoms with van der Waals surface area (Å²) in [6, 6.07) is -0.871. The number of unbranched alkanes of at least 4 members (excludes halogenated alkanes) is 3. The molecule has 12 heteroatoms. The molecule has 0 aromatic carbocycles. The van der Waals surface area contributed by atoms with Gasteiger partial charge in [-0.2, -0.15) is 0 Å².